The Bertz CT molecular complexity index is 733. The molecule has 0 bridgehead atoms. The van der Waals surface area contributed by atoms with Crippen LogP contribution in [0.3, 0.4) is 0 Å². The highest BCUT2D eigenvalue weighted by molar-refractivity contribution is 6.01. The van der Waals surface area contributed by atoms with E-state index in [1.54, 1.807) is 18.1 Å². The second-order valence-electron chi connectivity index (χ2n) is 6.96. The molecule has 2 fully saturated rings. The van der Waals surface area contributed by atoms with Crippen molar-refractivity contribution in [1.82, 2.24) is 4.90 Å². The molecular formula is C19H24N2O5. The number of piperidine rings is 1. The van der Waals surface area contributed by atoms with E-state index in [1.807, 2.05) is 19.1 Å². The van der Waals surface area contributed by atoms with E-state index < -0.39 is 17.9 Å². The molecule has 2 aliphatic rings. The van der Waals surface area contributed by atoms with Crippen molar-refractivity contribution in [3.8, 4) is 5.75 Å². The Balaban J connectivity index is 1.80. The van der Waals surface area contributed by atoms with Crippen LogP contribution in [0.25, 0.3) is 0 Å². The van der Waals surface area contributed by atoms with Crippen LogP contribution < -0.4 is 9.64 Å². The van der Waals surface area contributed by atoms with Crippen LogP contribution in [0.5, 0.6) is 5.75 Å². The normalized spacial score (nSPS) is 23.2. The van der Waals surface area contributed by atoms with Crippen LogP contribution in [-0.4, -0.2) is 54.0 Å². The molecule has 1 aromatic carbocycles. The number of anilines is 1. The summed E-state index contributed by atoms with van der Waals surface area (Å²) in [4.78, 5) is 40.0. The Kier molecular flexibility index (Phi) is 5.15. The van der Waals surface area contributed by atoms with Gasteiger partial charge in [0.15, 0.2) is 0 Å². The number of carbonyl (C=O) groups excluding carboxylic acids is 2. The van der Waals surface area contributed by atoms with Crippen LogP contribution in [0.2, 0.25) is 0 Å². The molecule has 0 aromatic heterocycles. The zero-order valence-corrected chi connectivity index (χ0v) is 15.1. The number of hydrogen-bond acceptors (Lipinski definition) is 4. The van der Waals surface area contributed by atoms with Gasteiger partial charge in [0.1, 0.15) is 11.8 Å². The minimum Gasteiger partial charge on any atom is -0.495 e. The van der Waals surface area contributed by atoms with Gasteiger partial charge in [-0.1, -0.05) is 6.07 Å². The number of methoxy groups -OCH3 is 1. The molecular weight excluding hydrogens is 336 g/mol. The maximum Gasteiger partial charge on any atom is 0.326 e. The topological polar surface area (TPSA) is 87.2 Å². The molecule has 7 nitrogen and oxygen atoms in total. The first-order chi connectivity index (χ1) is 12.4. The molecule has 0 radical (unpaired) electrons. The average Bonchev–Trinajstić information content (AvgIpc) is 3.02. The lowest BCUT2D eigenvalue weighted by atomic mass is 9.98. The highest BCUT2D eigenvalue weighted by Crippen LogP contribution is 2.35. The number of aliphatic carboxylic acids is 1. The van der Waals surface area contributed by atoms with Crippen LogP contribution in [0, 0.1) is 12.8 Å². The maximum atomic E-state index is 12.9. The van der Waals surface area contributed by atoms with Gasteiger partial charge in [-0.05, 0) is 43.9 Å². The lowest BCUT2D eigenvalue weighted by Gasteiger charge is -2.34. The first-order valence-electron chi connectivity index (χ1n) is 8.90. The number of nitrogens with zero attached hydrogens (tertiary/aromatic N) is 2. The third kappa shape index (κ3) is 3.38. The van der Waals surface area contributed by atoms with Gasteiger partial charge in [-0.25, -0.2) is 4.79 Å². The highest BCUT2D eigenvalue weighted by Gasteiger charge is 2.41. The lowest BCUT2D eigenvalue weighted by molar-refractivity contribution is -0.153. The average molecular weight is 360 g/mol. The van der Waals surface area contributed by atoms with Crippen LogP contribution in [0.1, 0.15) is 31.2 Å². The maximum absolute atomic E-state index is 12.9. The van der Waals surface area contributed by atoms with E-state index in [2.05, 4.69) is 0 Å². The van der Waals surface area contributed by atoms with Gasteiger partial charge in [0.2, 0.25) is 11.8 Å². The van der Waals surface area contributed by atoms with Crippen LogP contribution in [-0.2, 0) is 14.4 Å². The van der Waals surface area contributed by atoms with Gasteiger partial charge >= 0.3 is 5.97 Å². The third-order valence-electron chi connectivity index (χ3n) is 5.17. The lowest BCUT2D eigenvalue weighted by Crippen LogP contribution is -2.50. The summed E-state index contributed by atoms with van der Waals surface area (Å²) in [5, 5.41) is 9.39. The van der Waals surface area contributed by atoms with Crippen molar-refractivity contribution in [3.63, 3.8) is 0 Å². The standard InChI is InChI=1S/C19H24N2O5/c1-12-6-7-16(26-2)15(9-12)21-11-13(10-17(21)22)18(23)20-8-4-3-5-14(20)19(24)25/h6-7,9,13-14H,3-5,8,10-11H2,1-2H3,(H,24,25). The number of likely N-dealkylation sites (tertiary alicyclic amines) is 1. The van der Waals surface area contributed by atoms with Crippen molar-refractivity contribution in [1.29, 1.82) is 0 Å². The van der Waals surface area contributed by atoms with Gasteiger partial charge < -0.3 is 19.6 Å². The summed E-state index contributed by atoms with van der Waals surface area (Å²) in [6.45, 7) is 2.62. The van der Waals surface area contributed by atoms with Gasteiger partial charge in [-0.15, -0.1) is 0 Å². The van der Waals surface area contributed by atoms with Gasteiger partial charge in [0.25, 0.3) is 0 Å². The molecule has 1 N–H and O–H groups in total. The summed E-state index contributed by atoms with van der Waals surface area (Å²) in [6.07, 6.45) is 2.17. The molecule has 1 aromatic rings. The Labute approximate surface area is 152 Å². The SMILES string of the molecule is COc1ccc(C)cc1N1CC(C(=O)N2CCCCC2C(=O)O)CC1=O. The molecule has 140 valence electrons. The fraction of sp³-hybridized carbons (Fsp3) is 0.526. The van der Waals surface area contributed by atoms with E-state index >= 15 is 0 Å². The van der Waals surface area contributed by atoms with Crippen molar-refractivity contribution in [2.75, 3.05) is 25.1 Å². The first kappa shape index (κ1) is 18.2. The summed E-state index contributed by atoms with van der Waals surface area (Å²) in [6, 6.07) is 4.79. The van der Waals surface area contributed by atoms with Crippen molar-refractivity contribution < 1.29 is 24.2 Å². The minimum atomic E-state index is -0.973. The van der Waals surface area contributed by atoms with E-state index in [4.69, 9.17) is 4.74 Å². The van der Waals surface area contributed by atoms with Crippen molar-refractivity contribution in [3.05, 3.63) is 23.8 Å². The van der Waals surface area contributed by atoms with E-state index in [0.29, 0.717) is 24.4 Å². The van der Waals surface area contributed by atoms with E-state index in [0.717, 1.165) is 18.4 Å². The largest absolute Gasteiger partial charge is 0.495 e. The summed E-state index contributed by atoms with van der Waals surface area (Å²) in [5.41, 5.74) is 1.64. The number of rotatable bonds is 4. The summed E-state index contributed by atoms with van der Waals surface area (Å²) in [7, 11) is 1.54. The van der Waals surface area contributed by atoms with Crippen LogP contribution in [0.4, 0.5) is 5.69 Å². The summed E-state index contributed by atoms with van der Waals surface area (Å²) < 4.78 is 5.35. The summed E-state index contributed by atoms with van der Waals surface area (Å²) >= 11 is 0. The molecule has 2 atom stereocenters. The molecule has 2 heterocycles. The third-order valence-corrected chi connectivity index (χ3v) is 5.17. The van der Waals surface area contributed by atoms with Gasteiger partial charge in [-0.3, -0.25) is 9.59 Å². The fourth-order valence-corrected chi connectivity index (χ4v) is 3.80. The Hall–Kier alpha value is -2.57. The molecule has 2 amide bonds. The molecule has 0 aliphatic carbocycles. The molecule has 0 saturated carbocycles. The predicted molar refractivity (Wildman–Crippen MR) is 95.2 cm³/mol. The zero-order chi connectivity index (χ0) is 18.8. The van der Waals surface area contributed by atoms with Crippen LogP contribution in [0.15, 0.2) is 18.2 Å². The molecule has 3 rings (SSSR count). The molecule has 7 heteroatoms. The van der Waals surface area contributed by atoms with E-state index in [-0.39, 0.29) is 24.8 Å². The number of aryl methyl sites for hydroxylation is 1. The molecule has 2 aliphatic heterocycles. The number of amides is 2. The Morgan fingerprint density at radius 3 is 2.73 bits per heavy atom. The molecule has 26 heavy (non-hydrogen) atoms. The Morgan fingerprint density at radius 1 is 1.27 bits per heavy atom. The van der Waals surface area contributed by atoms with Crippen molar-refractivity contribution in [2.45, 2.75) is 38.6 Å². The van der Waals surface area contributed by atoms with Gasteiger partial charge in [0.05, 0.1) is 18.7 Å². The Morgan fingerprint density at radius 2 is 2.04 bits per heavy atom. The van der Waals surface area contributed by atoms with E-state index in [1.165, 1.54) is 4.90 Å². The van der Waals surface area contributed by atoms with Crippen molar-refractivity contribution in [2.24, 2.45) is 5.92 Å². The molecule has 2 saturated heterocycles. The molecule has 0 spiro atoms. The highest BCUT2D eigenvalue weighted by atomic mass is 16.5. The predicted octanol–water partition coefficient (Wildman–Crippen LogP) is 1.82. The number of carbonyl (C=O) groups is 3. The van der Waals surface area contributed by atoms with Crippen molar-refractivity contribution >= 4 is 23.5 Å². The number of hydrogen-bond donors (Lipinski definition) is 1. The van der Waals surface area contributed by atoms with Crippen LogP contribution >= 0.6 is 0 Å². The zero-order valence-electron chi connectivity index (χ0n) is 15.1. The number of ether oxygens (including phenoxy) is 1. The van der Waals surface area contributed by atoms with E-state index in [9.17, 15) is 19.5 Å². The summed E-state index contributed by atoms with van der Waals surface area (Å²) in [5.74, 6) is -1.29. The quantitative estimate of drug-likeness (QED) is 0.885. The second-order valence-corrected chi connectivity index (χ2v) is 6.96. The number of carboxylic acids is 1. The van der Waals surface area contributed by atoms with Gasteiger partial charge in [-0.2, -0.15) is 0 Å². The molecule has 2 unspecified atom stereocenters. The monoisotopic (exact) mass is 360 g/mol. The number of benzene rings is 1. The smallest absolute Gasteiger partial charge is 0.326 e. The fourth-order valence-electron chi connectivity index (χ4n) is 3.80. The van der Waals surface area contributed by atoms with Gasteiger partial charge in [0, 0.05) is 19.5 Å². The first-order valence-corrected chi connectivity index (χ1v) is 8.90. The number of carboxylic acid groups (broad SMARTS) is 1. The second kappa shape index (κ2) is 7.35. The minimum absolute atomic E-state index is 0.0960.